The zero-order chi connectivity index (χ0) is 14.6. The van der Waals surface area contributed by atoms with E-state index in [1.54, 1.807) is 27.7 Å². The van der Waals surface area contributed by atoms with Gasteiger partial charge in [0.25, 0.3) is 0 Å². The molecule has 0 aliphatic rings. The Bertz CT molecular complexity index is 311. The van der Waals surface area contributed by atoms with Crippen LogP contribution in [0.25, 0.3) is 0 Å². The Hall–Kier alpha value is -1.10. The molecule has 0 spiro atoms. The normalized spacial score (nSPS) is 14.1. The molecule has 4 N–H and O–H groups in total. The number of nitrogens with one attached hydrogen (secondary N) is 1. The van der Waals surface area contributed by atoms with Crippen LogP contribution in [0, 0.1) is 11.3 Å². The van der Waals surface area contributed by atoms with Gasteiger partial charge in [-0.05, 0) is 46.6 Å². The first-order valence-electron chi connectivity index (χ1n) is 6.29. The molecule has 1 amide bonds. The van der Waals surface area contributed by atoms with Crippen LogP contribution in [0.5, 0.6) is 0 Å². The summed E-state index contributed by atoms with van der Waals surface area (Å²) in [5, 5.41) is 12.0. The highest BCUT2D eigenvalue weighted by atomic mass is 16.4. The van der Waals surface area contributed by atoms with Gasteiger partial charge in [-0.15, -0.1) is 0 Å². The third-order valence-electron chi connectivity index (χ3n) is 3.82. The van der Waals surface area contributed by atoms with Gasteiger partial charge in [-0.25, -0.2) is 0 Å². The number of carbonyl (C=O) groups is 2. The quantitative estimate of drug-likeness (QED) is 0.643. The van der Waals surface area contributed by atoms with Gasteiger partial charge in [-0.2, -0.15) is 0 Å². The van der Waals surface area contributed by atoms with Crippen LogP contribution >= 0.6 is 0 Å². The van der Waals surface area contributed by atoms with Gasteiger partial charge in [-0.1, -0.05) is 6.92 Å². The van der Waals surface area contributed by atoms with E-state index in [4.69, 9.17) is 5.73 Å². The smallest absolute Gasteiger partial charge is 0.311 e. The van der Waals surface area contributed by atoms with Crippen LogP contribution in [0.4, 0.5) is 0 Å². The van der Waals surface area contributed by atoms with Crippen molar-refractivity contribution in [2.45, 2.75) is 53.0 Å². The Balaban J connectivity index is 4.50. The Kier molecular flexibility index (Phi) is 5.80. The van der Waals surface area contributed by atoms with Crippen LogP contribution in [0.15, 0.2) is 0 Å². The van der Waals surface area contributed by atoms with Gasteiger partial charge < -0.3 is 16.2 Å². The number of carbonyl (C=O) groups excluding carboxylic acids is 1. The topological polar surface area (TPSA) is 92.4 Å². The lowest BCUT2D eigenvalue weighted by atomic mass is 9.74. The molecule has 0 rings (SSSR count). The lowest BCUT2D eigenvalue weighted by Gasteiger charge is -2.38. The molecular formula is C13H26N2O3. The Labute approximate surface area is 109 Å². The van der Waals surface area contributed by atoms with Crippen molar-refractivity contribution in [3.05, 3.63) is 0 Å². The number of aliphatic carboxylic acids is 1. The average Bonchev–Trinajstić information content (AvgIpc) is 2.24. The molecule has 1 atom stereocenters. The monoisotopic (exact) mass is 258 g/mol. The van der Waals surface area contributed by atoms with Gasteiger partial charge in [0.1, 0.15) is 0 Å². The van der Waals surface area contributed by atoms with Crippen molar-refractivity contribution in [2.75, 3.05) is 6.54 Å². The van der Waals surface area contributed by atoms with E-state index in [0.717, 1.165) is 0 Å². The van der Waals surface area contributed by atoms with Crippen LogP contribution in [-0.4, -0.2) is 29.1 Å². The predicted molar refractivity (Wildman–Crippen MR) is 71.1 cm³/mol. The molecule has 0 heterocycles. The number of carboxylic acid groups (broad SMARTS) is 1. The fraction of sp³-hybridized carbons (Fsp3) is 0.846. The standard InChI is InChI=1S/C13H26N2O3/c1-9(8-14)6-7-10(16)15-13(4,5)12(2,3)11(17)18/h9H,6-8,14H2,1-5H3,(H,15,16)(H,17,18). The van der Waals surface area contributed by atoms with E-state index in [9.17, 15) is 14.7 Å². The highest BCUT2D eigenvalue weighted by Gasteiger charge is 2.44. The van der Waals surface area contributed by atoms with E-state index in [1.807, 2.05) is 6.92 Å². The van der Waals surface area contributed by atoms with Gasteiger partial charge in [0.05, 0.1) is 5.41 Å². The minimum absolute atomic E-state index is 0.130. The first-order chi connectivity index (χ1) is 8.04. The Morgan fingerprint density at radius 2 is 1.78 bits per heavy atom. The van der Waals surface area contributed by atoms with Crippen molar-refractivity contribution in [1.29, 1.82) is 0 Å². The van der Waals surface area contributed by atoms with Crippen LogP contribution < -0.4 is 11.1 Å². The second-order valence-electron chi connectivity index (χ2n) is 5.98. The molecule has 0 saturated heterocycles. The zero-order valence-corrected chi connectivity index (χ0v) is 12.0. The summed E-state index contributed by atoms with van der Waals surface area (Å²) in [6.07, 6.45) is 1.09. The zero-order valence-electron chi connectivity index (χ0n) is 12.0. The number of amides is 1. The second-order valence-corrected chi connectivity index (χ2v) is 5.98. The predicted octanol–water partition coefficient (Wildman–Crippen LogP) is 1.37. The number of carboxylic acids is 1. The van der Waals surface area contributed by atoms with Gasteiger partial charge in [-0.3, -0.25) is 9.59 Å². The summed E-state index contributed by atoms with van der Waals surface area (Å²) in [5.41, 5.74) is 3.66. The van der Waals surface area contributed by atoms with Crippen molar-refractivity contribution in [3.63, 3.8) is 0 Å². The third kappa shape index (κ3) is 4.29. The molecule has 0 fully saturated rings. The lowest BCUT2D eigenvalue weighted by molar-refractivity contribution is -0.151. The summed E-state index contributed by atoms with van der Waals surface area (Å²) in [7, 11) is 0. The summed E-state index contributed by atoms with van der Waals surface area (Å²) in [6.45, 7) is 9.21. The highest BCUT2D eigenvalue weighted by Crippen LogP contribution is 2.30. The summed E-state index contributed by atoms with van der Waals surface area (Å²) in [6, 6.07) is 0. The minimum atomic E-state index is -1.03. The molecule has 5 nitrogen and oxygen atoms in total. The van der Waals surface area contributed by atoms with Crippen molar-refractivity contribution < 1.29 is 14.7 Å². The summed E-state index contributed by atoms with van der Waals surface area (Å²) >= 11 is 0. The van der Waals surface area contributed by atoms with Gasteiger partial charge in [0.15, 0.2) is 0 Å². The molecule has 0 aromatic heterocycles. The van der Waals surface area contributed by atoms with Crippen LogP contribution in [-0.2, 0) is 9.59 Å². The van der Waals surface area contributed by atoms with Crippen molar-refractivity contribution in [2.24, 2.45) is 17.1 Å². The van der Waals surface area contributed by atoms with E-state index >= 15 is 0 Å². The fourth-order valence-electron chi connectivity index (χ4n) is 1.33. The molecule has 0 bridgehead atoms. The van der Waals surface area contributed by atoms with Crippen LogP contribution in [0.2, 0.25) is 0 Å². The molecule has 106 valence electrons. The summed E-state index contributed by atoms with van der Waals surface area (Å²) in [4.78, 5) is 23.0. The van der Waals surface area contributed by atoms with Crippen LogP contribution in [0.3, 0.4) is 0 Å². The molecule has 5 heteroatoms. The van der Waals surface area contributed by atoms with E-state index in [-0.39, 0.29) is 5.91 Å². The average molecular weight is 258 g/mol. The maximum absolute atomic E-state index is 11.8. The third-order valence-corrected chi connectivity index (χ3v) is 3.82. The first kappa shape index (κ1) is 16.9. The summed E-state index contributed by atoms with van der Waals surface area (Å²) < 4.78 is 0. The second kappa shape index (κ2) is 6.18. The molecule has 0 aromatic rings. The van der Waals surface area contributed by atoms with Crippen molar-refractivity contribution in [1.82, 2.24) is 5.32 Å². The van der Waals surface area contributed by atoms with E-state index < -0.39 is 16.9 Å². The van der Waals surface area contributed by atoms with Crippen LogP contribution in [0.1, 0.15) is 47.5 Å². The molecule has 18 heavy (non-hydrogen) atoms. The molecule has 0 saturated carbocycles. The van der Waals surface area contributed by atoms with E-state index in [1.165, 1.54) is 0 Å². The van der Waals surface area contributed by atoms with Gasteiger partial charge in [0, 0.05) is 12.0 Å². The Morgan fingerprint density at radius 3 is 2.17 bits per heavy atom. The number of nitrogens with two attached hydrogens (primary N) is 1. The van der Waals surface area contributed by atoms with Gasteiger partial charge >= 0.3 is 5.97 Å². The lowest BCUT2D eigenvalue weighted by Crippen LogP contribution is -2.57. The molecule has 0 aliphatic heterocycles. The number of rotatable bonds is 7. The first-order valence-corrected chi connectivity index (χ1v) is 6.29. The van der Waals surface area contributed by atoms with E-state index in [0.29, 0.717) is 25.3 Å². The fourth-order valence-corrected chi connectivity index (χ4v) is 1.33. The van der Waals surface area contributed by atoms with Crippen molar-refractivity contribution >= 4 is 11.9 Å². The SMILES string of the molecule is CC(CN)CCC(=O)NC(C)(C)C(C)(C)C(=O)O. The van der Waals surface area contributed by atoms with E-state index in [2.05, 4.69) is 5.32 Å². The summed E-state index contributed by atoms with van der Waals surface area (Å²) in [5.74, 6) is -0.760. The largest absolute Gasteiger partial charge is 0.481 e. The molecule has 1 unspecified atom stereocenters. The Morgan fingerprint density at radius 1 is 1.28 bits per heavy atom. The highest BCUT2D eigenvalue weighted by molar-refractivity contribution is 5.80. The molecule has 0 aromatic carbocycles. The molecular weight excluding hydrogens is 232 g/mol. The maximum Gasteiger partial charge on any atom is 0.311 e. The molecule has 0 aliphatic carbocycles. The number of hydrogen-bond acceptors (Lipinski definition) is 3. The van der Waals surface area contributed by atoms with Crippen molar-refractivity contribution in [3.8, 4) is 0 Å². The minimum Gasteiger partial charge on any atom is -0.481 e. The number of hydrogen-bond donors (Lipinski definition) is 3. The van der Waals surface area contributed by atoms with Gasteiger partial charge in [0.2, 0.25) is 5.91 Å². The molecule has 0 radical (unpaired) electrons. The maximum atomic E-state index is 11.8.